The van der Waals surface area contributed by atoms with E-state index in [2.05, 4.69) is 0 Å². The smallest absolute Gasteiger partial charge is 0.413 e. The van der Waals surface area contributed by atoms with Gasteiger partial charge in [-0.25, -0.2) is 4.57 Å². The van der Waals surface area contributed by atoms with Crippen molar-refractivity contribution in [3.8, 4) is 11.5 Å². The Labute approximate surface area is 160 Å². The predicted octanol–water partition coefficient (Wildman–Crippen LogP) is 6.07. The van der Waals surface area contributed by atoms with E-state index >= 15 is 0 Å². The largest absolute Gasteiger partial charge is 0.455 e. The molecule has 0 spiro atoms. The Bertz CT molecular complexity index is 877. The van der Waals surface area contributed by atoms with Crippen molar-refractivity contribution in [2.24, 2.45) is 0 Å². The zero-order valence-electron chi connectivity index (χ0n) is 15.4. The molecule has 138 valence electrons. The molecule has 3 rings (SSSR count). The van der Waals surface area contributed by atoms with Crippen LogP contribution in [-0.2, 0) is 4.57 Å². The van der Waals surface area contributed by atoms with Crippen molar-refractivity contribution in [1.82, 2.24) is 0 Å². The molecule has 0 saturated heterocycles. The highest BCUT2D eigenvalue weighted by atomic mass is 31.2. The molecule has 27 heavy (non-hydrogen) atoms. The van der Waals surface area contributed by atoms with Crippen molar-refractivity contribution < 1.29 is 13.6 Å². The van der Waals surface area contributed by atoms with Crippen molar-refractivity contribution in [2.45, 2.75) is 0 Å². The summed E-state index contributed by atoms with van der Waals surface area (Å²) in [5, 5.41) is 0. The zero-order valence-corrected chi connectivity index (χ0v) is 16.3. The molecule has 0 amide bonds. The highest BCUT2D eigenvalue weighted by molar-refractivity contribution is 7.58. The molecule has 3 aromatic carbocycles. The second kappa shape index (κ2) is 8.61. The molecule has 0 fully saturated rings. The van der Waals surface area contributed by atoms with Crippen LogP contribution in [0.2, 0.25) is 0 Å². The number of rotatable bonds is 7. The van der Waals surface area contributed by atoms with E-state index in [9.17, 15) is 4.57 Å². The fraction of sp³-hybridized carbons (Fsp3) is 0.0909. The summed E-state index contributed by atoms with van der Waals surface area (Å²) in [6, 6.07) is 26.0. The molecule has 0 radical (unpaired) electrons. The van der Waals surface area contributed by atoms with Crippen LogP contribution in [0.3, 0.4) is 0 Å². The number of anilines is 1. The van der Waals surface area contributed by atoms with Crippen LogP contribution in [0, 0.1) is 0 Å². The maximum Gasteiger partial charge on any atom is 0.455 e. The molecule has 0 saturated carbocycles. The van der Waals surface area contributed by atoms with Gasteiger partial charge in [0.25, 0.3) is 0 Å². The standard InChI is InChI=1S/C22H22NO3P/c1-23(2)20-15-13-19(14-16-20)17-18-27(24,25-21-9-5-3-6-10-21)26-22-11-7-4-8-12-22/h3-18H,1-2H3/b18-17+. The first kappa shape index (κ1) is 18.8. The molecule has 5 heteroatoms. The third-order valence-electron chi connectivity index (χ3n) is 3.81. The van der Waals surface area contributed by atoms with Crippen molar-refractivity contribution in [1.29, 1.82) is 0 Å². The Balaban J connectivity index is 1.85. The molecule has 3 aromatic rings. The lowest BCUT2D eigenvalue weighted by Gasteiger charge is -2.17. The quantitative estimate of drug-likeness (QED) is 0.467. The molecular weight excluding hydrogens is 357 g/mol. The first-order valence-corrected chi connectivity index (χ1v) is 10.2. The van der Waals surface area contributed by atoms with Gasteiger partial charge in [0.15, 0.2) is 0 Å². The number of benzene rings is 3. The third-order valence-corrected chi connectivity index (χ3v) is 5.26. The van der Waals surface area contributed by atoms with E-state index < -0.39 is 7.60 Å². The maximum absolute atomic E-state index is 13.4. The van der Waals surface area contributed by atoms with Gasteiger partial charge in [0.05, 0.1) is 5.82 Å². The average molecular weight is 379 g/mol. The normalized spacial score (nSPS) is 11.3. The fourth-order valence-corrected chi connectivity index (χ4v) is 3.74. The van der Waals surface area contributed by atoms with Crippen LogP contribution in [0.1, 0.15) is 5.56 Å². The summed E-state index contributed by atoms with van der Waals surface area (Å²) in [6.07, 6.45) is 1.76. The summed E-state index contributed by atoms with van der Waals surface area (Å²) in [6.45, 7) is 0. The molecule has 0 bridgehead atoms. The minimum absolute atomic E-state index is 0.490. The SMILES string of the molecule is CN(C)c1ccc(/C=C/P(=O)(Oc2ccccc2)Oc2ccccc2)cc1. The maximum atomic E-state index is 13.4. The number of nitrogens with zero attached hydrogens (tertiary/aromatic N) is 1. The summed E-state index contributed by atoms with van der Waals surface area (Å²) in [4.78, 5) is 2.02. The van der Waals surface area contributed by atoms with Crippen LogP contribution < -0.4 is 13.9 Å². The molecule has 0 unspecified atom stereocenters. The van der Waals surface area contributed by atoms with E-state index in [0.717, 1.165) is 11.3 Å². The highest BCUT2D eigenvalue weighted by Gasteiger charge is 2.24. The number of hydrogen-bond acceptors (Lipinski definition) is 4. The third kappa shape index (κ3) is 5.50. The predicted molar refractivity (Wildman–Crippen MR) is 112 cm³/mol. The molecule has 0 aliphatic heterocycles. The van der Waals surface area contributed by atoms with Crippen LogP contribution in [0.25, 0.3) is 6.08 Å². The summed E-state index contributed by atoms with van der Waals surface area (Å²) in [5.74, 6) is 2.48. The monoisotopic (exact) mass is 379 g/mol. The van der Waals surface area contributed by atoms with Gasteiger partial charge in [-0.15, -0.1) is 0 Å². The Morgan fingerprint density at radius 1 is 0.741 bits per heavy atom. The van der Waals surface area contributed by atoms with Gasteiger partial charge in [0.1, 0.15) is 11.5 Å². The summed E-state index contributed by atoms with van der Waals surface area (Å²) in [7, 11) is 0.423. The highest BCUT2D eigenvalue weighted by Crippen LogP contribution is 2.50. The Kier molecular flexibility index (Phi) is 6.00. The van der Waals surface area contributed by atoms with E-state index in [4.69, 9.17) is 9.05 Å². The van der Waals surface area contributed by atoms with E-state index in [-0.39, 0.29) is 0 Å². The van der Waals surface area contributed by atoms with Gasteiger partial charge in [-0.3, -0.25) is 0 Å². The zero-order chi connectivity index (χ0) is 19.1. The van der Waals surface area contributed by atoms with Crippen LogP contribution in [-0.4, -0.2) is 14.1 Å². The Morgan fingerprint density at radius 3 is 1.67 bits per heavy atom. The minimum atomic E-state index is -3.55. The van der Waals surface area contributed by atoms with Gasteiger partial charge in [0, 0.05) is 19.8 Å². The lowest BCUT2D eigenvalue weighted by molar-refractivity contribution is 0.398. The topological polar surface area (TPSA) is 38.8 Å². The van der Waals surface area contributed by atoms with Gasteiger partial charge < -0.3 is 13.9 Å². The second-order valence-electron chi connectivity index (χ2n) is 6.15. The van der Waals surface area contributed by atoms with Crippen LogP contribution in [0.15, 0.2) is 90.7 Å². The van der Waals surface area contributed by atoms with E-state index in [1.54, 1.807) is 30.3 Å². The molecule has 4 nitrogen and oxygen atoms in total. The van der Waals surface area contributed by atoms with Gasteiger partial charge in [-0.05, 0) is 48.0 Å². The van der Waals surface area contributed by atoms with Crippen molar-refractivity contribution in [3.05, 3.63) is 96.3 Å². The molecule has 0 atom stereocenters. The van der Waals surface area contributed by atoms with Crippen LogP contribution in [0.5, 0.6) is 11.5 Å². The Hall–Kier alpha value is -2.97. The van der Waals surface area contributed by atoms with Crippen LogP contribution >= 0.6 is 7.60 Å². The van der Waals surface area contributed by atoms with E-state index in [1.807, 2.05) is 79.7 Å². The first-order valence-electron chi connectivity index (χ1n) is 8.60. The summed E-state index contributed by atoms with van der Waals surface area (Å²) in [5.41, 5.74) is 2.01. The number of hydrogen-bond donors (Lipinski definition) is 0. The van der Waals surface area contributed by atoms with Gasteiger partial charge >= 0.3 is 7.60 Å². The first-order chi connectivity index (χ1) is 13.0. The van der Waals surface area contributed by atoms with Crippen molar-refractivity contribution >= 4 is 19.4 Å². The molecule has 0 aromatic heterocycles. The molecular formula is C22H22NO3P. The van der Waals surface area contributed by atoms with Gasteiger partial charge in [0.2, 0.25) is 0 Å². The second-order valence-corrected chi connectivity index (χ2v) is 7.89. The van der Waals surface area contributed by atoms with Gasteiger partial charge in [-0.2, -0.15) is 0 Å². The summed E-state index contributed by atoms with van der Waals surface area (Å²) >= 11 is 0. The average Bonchev–Trinajstić information content (AvgIpc) is 2.68. The fourth-order valence-electron chi connectivity index (χ4n) is 2.40. The van der Waals surface area contributed by atoms with Gasteiger partial charge in [-0.1, -0.05) is 48.5 Å². The lowest BCUT2D eigenvalue weighted by Crippen LogP contribution is -2.07. The van der Waals surface area contributed by atoms with Crippen LogP contribution in [0.4, 0.5) is 5.69 Å². The van der Waals surface area contributed by atoms with Crippen molar-refractivity contribution in [2.75, 3.05) is 19.0 Å². The number of para-hydroxylation sites is 2. The molecule has 0 aliphatic carbocycles. The Morgan fingerprint density at radius 2 is 1.22 bits per heavy atom. The minimum Gasteiger partial charge on any atom is -0.413 e. The van der Waals surface area contributed by atoms with E-state index in [1.165, 1.54) is 5.82 Å². The van der Waals surface area contributed by atoms with E-state index in [0.29, 0.717) is 11.5 Å². The molecule has 0 heterocycles. The molecule has 0 aliphatic rings. The summed E-state index contributed by atoms with van der Waals surface area (Å²) < 4.78 is 24.8. The lowest BCUT2D eigenvalue weighted by atomic mass is 10.2. The molecule has 0 N–H and O–H groups in total. The van der Waals surface area contributed by atoms with Crippen molar-refractivity contribution in [3.63, 3.8) is 0 Å².